The van der Waals surface area contributed by atoms with Crippen molar-refractivity contribution in [2.45, 2.75) is 24.8 Å². The number of aromatic nitrogens is 3. The fraction of sp³-hybridized carbons (Fsp3) is 0.400. The first-order chi connectivity index (χ1) is 17.4. The molecule has 3 aromatic rings. The molecule has 5 rings (SSSR count). The van der Waals surface area contributed by atoms with Crippen molar-refractivity contribution >= 4 is 11.8 Å². The van der Waals surface area contributed by atoms with Crippen molar-refractivity contribution < 1.29 is 22.3 Å². The molecule has 36 heavy (non-hydrogen) atoms. The van der Waals surface area contributed by atoms with Gasteiger partial charge in [-0.1, -0.05) is 0 Å². The smallest absolute Gasteiger partial charge is 0.225 e. The predicted molar refractivity (Wildman–Crippen MR) is 126 cm³/mol. The van der Waals surface area contributed by atoms with Crippen LogP contribution in [0.15, 0.2) is 42.9 Å². The Morgan fingerprint density at radius 2 is 1.58 bits per heavy atom. The van der Waals surface area contributed by atoms with Crippen LogP contribution in [0.5, 0.6) is 5.75 Å². The molecule has 2 N–H and O–H groups in total. The molecule has 2 atom stereocenters. The van der Waals surface area contributed by atoms with Gasteiger partial charge in [-0.05, 0) is 42.5 Å². The summed E-state index contributed by atoms with van der Waals surface area (Å²) in [6.07, 6.45) is 6.23. The highest BCUT2D eigenvalue weighted by atomic mass is 19.2. The Labute approximate surface area is 205 Å². The lowest BCUT2D eigenvalue weighted by molar-refractivity contribution is 0.221. The second-order valence-corrected chi connectivity index (χ2v) is 9.26. The SMILES string of the molecule is N[C@H]1CN(c2ncc(OCC3CCN(c4ccc(F)cn4)CC3)cn2)C[C@@H]1c1cc(F)c(F)cc1F. The molecular weight excluding hydrogens is 476 g/mol. The molecule has 2 aliphatic rings. The monoisotopic (exact) mass is 502 g/mol. The zero-order chi connectivity index (χ0) is 25.2. The number of ether oxygens (including phenoxy) is 1. The number of benzene rings is 1. The minimum absolute atomic E-state index is 0.0464. The molecule has 190 valence electrons. The first-order valence-corrected chi connectivity index (χ1v) is 11.8. The molecule has 0 amide bonds. The largest absolute Gasteiger partial charge is 0.490 e. The van der Waals surface area contributed by atoms with Gasteiger partial charge in [-0.15, -0.1) is 0 Å². The third-order valence-electron chi connectivity index (χ3n) is 6.84. The zero-order valence-electron chi connectivity index (χ0n) is 19.5. The maximum Gasteiger partial charge on any atom is 0.225 e. The van der Waals surface area contributed by atoms with Gasteiger partial charge in [0.25, 0.3) is 0 Å². The molecule has 4 heterocycles. The van der Waals surface area contributed by atoms with E-state index >= 15 is 0 Å². The topological polar surface area (TPSA) is 80.4 Å². The van der Waals surface area contributed by atoms with Gasteiger partial charge in [0.05, 0.1) is 25.2 Å². The molecule has 2 aromatic heterocycles. The summed E-state index contributed by atoms with van der Waals surface area (Å²) in [6, 6.07) is 4.04. The minimum Gasteiger partial charge on any atom is -0.490 e. The van der Waals surface area contributed by atoms with Crippen LogP contribution in [0.2, 0.25) is 0 Å². The van der Waals surface area contributed by atoms with E-state index in [1.54, 1.807) is 23.4 Å². The van der Waals surface area contributed by atoms with Crippen molar-refractivity contribution in [2.75, 3.05) is 42.6 Å². The minimum atomic E-state index is -1.23. The fourth-order valence-electron chi connectivity index (χ4n) is 4.79. The third-order valence-corrected chi connectivity index (χ3v) is 6.84. The van der Waals surface area contributed by atoms with E-state index in [2.05, 4.69) is 19.9 Å². The second-order valence-electron chi connectivity index (χ2n) is 9.26. The summed E-state index contributed by atoms with van der Waals surface area (Å²) in [7, 11) is 0. The van der Waals surface area contributed by atoms with Crippen molar-refractivity contribution in [1.82, 2.24) is 15.0 Å². The number of hydrogen-bond donors (Lipinski definition) is 1. The average molecular weight is 503 g/mol. The molecule has 0 aliphatic carbocycles. The van der Waals surface area contributed by atoms with Crippen LogP contribution in [0, 0.1) is 29.2 Å². The van der Waals surface area contributed by atoms with Crippen LogP contribution in [-0.2, 0) is 0 Å². The first kappa shape index (κ1) is 24.2. The van der Waals surface area contributed by atoms with Gasteiger partial charge in [-0.3, -0.25) is 0 Å². The van der Waals surface area contributed by atoms with Crippen molar-refractivity contribution in [3.05, 3.63) is 71.7 Å². The molecule has 2 aliphatic heterocycles. The van der Waals surface area contributed by atoms with Gasteiger partial charge in [-0.2, -0.15) is 0 Å². The third kappa shape index (κ3) is 5.20. The van der Waals surface area contributed by atoms with E-state index in [9.17, 15) is 17.6 Å². The van der Waals surface area contributed by atoms with Crippen molar-refractivity contribution in [1.29, 1.82) is 0 Å². The molecule has 2 fully saturated rings. The number of nitrogens with two attached hydrogens (primary N) is 1. The number of nitrogens with zero attached hydrogens (tertiary/aromatic N) is 5. The van der Waals surface area contributed by atoms with Crippen LogP contribution in [0.4, 0.5) is 29.3 Å². The molecule has 11 heteroatoms. The van der Waals surface area contributed by atoms with E-state index in [1.165, 1.54) is 12.3 Å². The van der Waals surface area contributed by atoms with Gasteiger partial charge in [0, 0.05) is 44.2 Å². The van der Waals surface area contributed by atoms with E-state index in [-0.39, 0.29) is 17.9 Å². The summed E-state index contributed by atoms with van der Waals surface area (Å²) in [6.45, 7) is 2.79. The van der Waals surface area contributed by atoms with Gasteiger partial charge in [0.1, 0.15) is 17.5 Å². The highest BCUT2D eigenvalue weighted by Gasteiger charge is 2.35. The number of piperidine rings is 1. The van der Waals surface area contributed by atoms with Crippen LogP contribution in [0.1, 0.15) is 24.3 Å². The Morgan fingerprint density at radius 1 is 0.861 bits per heavy atom. The number of rotatable bonds is 6. The maximum absolute atomic E-state index is 14.3. The van der Waals surface area contributed by atoms with Gasteiger partial charge in [0.2, 0.25) is 5.95 Å². The summed E-state index contributed by atoms with van der Waals surface area (Å²) in [5.41, 5.74) is 6.23. The number of pyridine rings is 1. The predicted octanol–water partition coefficient (Wildman–Crippen LogP) is 3.65. The summed E-state index contributed by atoms with van der Waals surface area (Å²) in [4.78, 5) is 16.8. The Hall–Kier alpha value is -3.47. The summed E-state index contributed by atoms with van der Waals surface area (Å²) in [5, 5.41) is 0. The Bertz CT molecular complexity index is 1190. The highest BCUT2D eigenvalue weighted by Crippen LogP contribution is 2.31. The Morgan fingerprint density at radius 3 is 2.28 bits per heavy atom. The van der Waals surface area contributed by atoms with E-state index in [0.717, 1.165) is 37.8 Å². The summed E-state index contributed by atoms with van der Waals surface area (Å²) < 4.78 is 60.2. The fourth-order valence-corrected chi connectivity index (χ4v) is 4.79. The molecule has 2 saturated heterocycles. The van der Waals surface area contributed by atoms with E-state index in [0.29, 0.717) is 36.8 Å². The molecule has 0 spiro atoms. The molecule has 0 unspecified atom stereocenters. The van der Waals surface area contributed by atoms with Crippen LogP contribution in [0.3, 0.4) is 0 Å². The standard InChI is InChI=1S/C25H26F4N6O/c26-16-1-2-24(31-9-16)34-5-3-15(4-6-34)14-36-17-10-32-25(33-11-17)35-12-19(23(30)13-35)18-7-21(28)22(29)8-20(18)27/h1-2,7-11,15,19,23H,3-6,12-14,30H2/t19-,23+/m1/s1. The molecule has 7 nitrogen and oxygen atoms in total. The molecule has 1 aromatic carbocycles. The highest BCUT2D eigenvalue weighted by molar-refractivity contribution is 5.40. The number of hydrogen-bond acceptors (Lipinski definition) is 7. The van der Waals surface area contributed by atoms with Gasteiger partial charge < -0.3 is 20.3 Å². The van der Waals surface area contributed by atoms with Gasteiger partial charge in [0.15, 0.2) is 17.4 Å². The van der Waals surface area contributed by atoms with Crippen LogP contribution < -0.4 is 20.3 Å². The summed E-state index contributed by atoms with van der Waals surface area (Å²) >= 11 is 0. The van der Waals surface area contributed by atoms with E-state index in [1.807, 2.05) is 0 Å². The van der Waals surface area contributed by atoms with Gasteiger partial charge in [-0.25, -0.2) is 32.5 Å². The first-order valence-electron chi connectivity index (χ1n) is 11.8. The zero-order valence-corrected chi connectivity index (χ0v) is 19.5. The average Bonchev–Trinajstić information content (AvgIpc) is 3.27. The quantitative estimate of drug-likeness (QED) is 0.407. The van der Waals surface area contributed by atoms with E-state index in [4.69, 9.17) is 10.5 Å². The van der Waals surface area contributed by atoms with E-state index < -0.39 is 29.4 Å². The lowest BCUT2D eigenvalue weighted by Crippen LogP contribution is -2.36. The van der Waals surface area contributed by atoms with Crippen molar-refractivity contribution in [2.24, 2.45) is 11.7 Å². The van der Waals surface area contributed by atoms with Crippen molar-refractivity contribution in [3.63, 3.8) is 0 Å². The molecule has 0 radical (unpaired) electrons. The van der Waals surface area contributed by atoms with Crippen molar-refractivity contribution in [3.8, 4) is 5.75 Å². The number of anilines is 2. The molecule has 0 saturated carbocycles. The summed E-state index contributed by atoms with van der Waals surface area (Å²) in [5.74, 6) is -1.94. The molecular formula is C25H26F4N6O. The second kappa shape index (κ2) is 10.3. The Kier molecular flexibility index (Phi) is 6.90. The molecule has 0 bridgehead atoms. The Balaban J connectivity index is 1.13. The van der Waals surface area contributed by atoms with Crippen LogP contribution in [-0.4, -0.2) is 53.8 Å². The van der Waals surface area contributed by atoms with Crippen LogP contribution >= 0.6 is 0 Å². The lowest BCUT2D eigenvalue weighted by atomic mass is 9.94. The maximum atomic E-state index is 14.3. The van der Waals surface area contributed by atoms with Crippen LogP contribution in [0.25, 0.3) is 0 Å². The normalized spacial score (nSPS) is 20.7. The van der Waals surface area contributed by atoms with Gasteiger partial charge >= 0.3 is 0 Å². The number of halogens is 4. The lowest BCUT2D eigenvalue weighted by Gasteiger charge is -2.32.